The van der Waals surface area contributed by atoms with Crippen molar-refractivity contribution >= 4 is 17.9 Å². The second-order valence-electron chi connectivity index (χ2n) is 19.9. The number of carbonyl (C=O) groups is 3. The van der Waals surface area contributed by atoms with Crippen molar-refractivity contribution in [1.82, 2.24) is 0 Å². The molecule has 0 fully saturated rings. The highest BCUT2D eigenvalue weighted by Crippen LogP contribution is 2.17. The number of carboxylic acids is 1. The molecule has 0 aromatic heterocycles. The highest BCUT2D eigenvalue weighted by Gasteiger charge is 2.22. The Kier molecular flexibility index (Phi) is 47.1. The predicted octanol–water partition coefficient (Wildman–Crippen LogP) is 14.4. The summed E-state index contributed by atoms with van der Waals surface area (Å²) in [5, 5.41) is 11.7. The van der Waals surface area contributed by atoms with Crippen LogP contribution in [0.2, 0.25) is 0 Å². The van der Waals surface area contributed by atoms with Crippen LogP contribution in [0, 0.1) is 0 Å². The van der Waals surface area contributed by atoms with E-state index in [0.717, 1.165) is 64.2 Å². The fourth-order valence-electron chi connectivity index (χ4n) is 7.91. The maximum Gasteiger partial charge on any atom is 0.306 e. The summed E-state index contributed by atoms with van der Waals surface area (Å²) in [5.41, 5.74) is 0. The highest BCUT2D eigenvalue weighted by atomic mass is 16.7. The SMILES string of the molecule is CC/C=C\C/C=C\C/C=C\CCCCCCCCCC(=O)OC(COC(=O)CCCCCCCCCCCCCCCCCCCCCCCCCC)COC(OCC[N+](C)(C)C)C(=O)[O-]. The van der Waals surface area contributed by atoms with Gasteiger partial charge in [0.1, 0.15) is 13.2 Å². The lowest BCUT2D eigenvalue weighted by Crippen LogP contribution is -2.44. The quantitative estimate of drug-likeness (QED) is 0.0195. The van der Waals surface area contributed by atoms with Crippen molar-refractivity contribution in [2.24, 2.45) is 0 Å². The number of nitrogens with zero attached hydrogens (tertiary/aromatic N) is 1. The first-order valence-corrected chi connectivity index (χ1v) is 27.6. The van der Waals surface area contributed by atoms with Crippen LogP contribution in [0.1, 0.15) is 251 Å². The largest absolute Gasteiger partial charge is 0.545 e. The summed E-state index contributed by atoms with van der Waals surface area (Å²) in [4.78, 5) is 37.2. The minimum atomic E-state index is -1.62. The van der Waals surface area contributed by atoms with E-state index in [2.05, 4.69) is 50.3 Å². The summed E-state index contributed by atoms with van der Waals surface area (Å²) in [6.45, 7) is 4.66. The van der Waals surface area contributed by atoms with Gasteiger partial charge in [0.25, 0.3) is 0 Å². The van der Waals surface area contributed by atoms with Gasteiger partial charge in [-0.3, -0.25) is 9.59 Å². The lowest BCUT2D eigenvalue weighted by atomic mass is 10.0. The summed E-state index contributed by atoms with van der Waals surface area (Å²) in [6.07, 6.45) is 54.8. The minimum absolute atomic E-state index is 0.146. The van der Waals surface area contributed by atoms with Gasteiger partial charge in [-0.15, -0.1) is 0 Å². The Morgan fingerprint density at radius 1 is 0.470 bits per heavy atom. The Labute approximate surface area is 407 Å². The van der Waals surface area contributed by atoms with Crippen LogP contribution < -0.4 is 5.11 Å². The van der Waals surface area contributed by atoms with Gasteiger partial charge in [-0.25, -0.2) is 0 Å². The number of allylic oxidation sites excluding steroid dienone is 6. The molecule has 0 N–H and O–H groups in total. The van der Waals surface area contributed by atoms with Gasteiger partial charge in [0, 0.05) is 12.8 Å². The fourth-order valence-corrected chi connectivity index (χ4v) is 7.91. The summed E-state index contributed by atoms with van der Waals surface area (Å²) in [6, 6.07) is 0. The van der Waals surface area contributed by atoms with Crippen LogP contribution >= 0.6 is 0 Å². The molecule has 386 valence electrons. The number of carbonyl (C=O) groups excluding carboxylic acids is 3. The molecule has 0 spiro atoms. The first kappa shape index (κ1) is 63.5. The molecule has 0 amide bonds. The number of hydrogen-bond acceptors (Lipinski definition) is 8. The molecule has 2 atom stereocenters. The van der Waals surface area contributed by atoms with Crippen LogP contribution in [0.15, 0.2) is 36.5 Å². The topological polar surface area (TPSA) is 111 Å². The standard InChI is InChI=1S/C57H105NO8/c1-6-8-10-12-14-16-18-20-22-24-25-26-27-28-29-30-32-33-35-37-39-41-43-45-47-54(59)64-51-53(52-65-57(56(61)62)63-50-49-58(3,4)5)66-55(60)48-46-44-42-40-38-36-34-31-23-21-19-17-15-13-11-9-7-2/h9,11,15,17,21,23,53,57H,6-8,10,12-14,16,18-20,22,24-52H2,1-5H3/b11-9-,17-15-,23-21-. The first-order chi connectivity index (χ1) is 32.1. The van der Waals surface area contributed by atoms with Gasteiger partial charge in [-0.1, -0.05) is 230 Å². The molecule has 0 aromatic carbocycles. The van der Waals surface area contributed by atoms with Crippen molar-refractivity contribution in [3.63, 3.8) is 0 Å². The van der Waals surface area contributed by atoms with E-state index in [-0.39, 0.29) is 32.2 Å². The average Bonchev–Trinajstić information content (AvgIpc) is 3.28. The number of likely N-dealkylation sites (N-methyl/N-ethyl adjacent to an activating group) is 1. The summed E-state index contributed by atoms with van der Waals surface area (Å²) >= 11 is 0. The molecule has 2 unspecified atom stereocenters. The number of carboxylic acid groups (broad SMARTS) is 1. The predicted molar refractivity (Wildman–Crippen MR) is 274 cm³/mol. The normalized spacial score (nSPS) is 13.0. The number of aliphatic carboxylic acids is 1. The zero-order chi connectivity index (χ0) is 48.4. The number of hydrogen-bond donors (Lipinski definition) is 0. The number of quaternary nitrogens is 1. The van der Waals surface area contributed by atoms with E-state index >= 15 is 0 Å². The molecule has 0 bridgehead atoms. The van der Waals surface area contributed by atoms with Crippen LogP contribution in [0.4, 0.5) is 0 Å². The third kappa shape index (κ3) is 49.4. The van der Waals surface area contributed by atoms with Gasteiger partial charge in [0.2, 0.25) is 0 Å². The van der Waals surface area contributed by atoms with Crippen LogP contribution in [-0.2, 0) is 33.3 Å². The molecule has 0 saturated heterocycles. The molecule has 66 heavy (non-hydrogen) atoms. The number of unbranched alkanes of at least 4 members (excludes halogenated alkanes) is 30. The molecule has 0 saturated carbocycles. The molecule has 0 aliphatic carbocycles. The Morgan fingerprint density at radius 2 is 0.864 bits per heavy atom. The monoisotopic (exact) mass is 932 g/mol. The maximum absolute atomic E-state index is 12.8. The summed E-state index contributed by atoms with van der Waals surface area (Å²) in [7, 11) is 5.92. The minimum Gasteiger partial charge on any atom is -0.545 e. The smallest absolute Gasteiger partial charge is 0.306 e. The molecule has 9 nitrogen and oxygen atoms in total. The van der Waals surface area contributed by atoms with Gasteiger partial charge in [-0.2, -0.15) is 0 Å². The van der Waals surface area contributed by atoms with Gasteiger partial charge < -0.3 is 33.3 Å². The van der Waals surface area contributed by atoms with Gasteiger partial charge in [0.15, 0.2) is 12.4 Å². The van der Waals surface area contributed by atoms with E-state index in [1.54, 1.807) is 0 Å². The third-order valence-corrected chi connectivity index (χ3v) is 12.2. The Morgan fingerprint density at radius 3 is 1.29 bits per heavy atom. The molecule has 0 rings (SSSR count). The van der Waals surface area contributed by atoms with E-state index in [0.29, 0.717) is 23.9 Å². The van der Waals surface area contributed by atoms with E-state index in [9.17, 15) is 19.5 Å². The lowest BCUT2D eigenvalue weighted by molar-refractivity contribution is -0.870. The molecular weight excluding hydrogens is 827 g/mol. The van der Waals surface area contributed by atoms with E-state index in [1.807, 2.05) is 21.1 Å². The Hall–Kier alpha value is -2.49. The molecule has 0 aromatic rings. The van der Waals surface area contributed by atoms with Crippen molar-refractivity contribution < 1.29 is 42.9 Å². The number of ether oxygens (including phenoxy) is 4. The number of esters is 2. The maximum atomic E-state index is 12.8. The van der Waals surface area contributed by atoms with E-state index in [4.69, 9.17) is 18.9 Å². The average molecular weight is 932 g/mol. The van der Waals surface area contributed by atoms with Crippen molar-refractivity contribution in [2.45, 2.75) is 264 Å². The van der Waals surface area contributed by atoms with Crippen molar-refractivity contribution in [3.8, 4) is 0 Å². The molecule has 0 aliphatic heterocycles. The van der Waals surface area contributed by atoms with E-state index in [1.165, 1.54) is 154 Å². The summed E-state index contributed by atoms with van der Waals surface area (Å²) in [5.74, 6) is -2.28. The first-order valence-electron chi connectivity index (χ1n) is 27.6. The van der Waals surface area contributed by atoms with Crippen molar-refractivity contribution in [1.29, 1.82) is 0 Å². The number of rotatable bonds is 51. The van der Waals surface area contributed by atoms with Crippen LogP contribution in [0.3, 0.4) is 0 Å². The molecule has 9 heteroatoms. The molecule has 0 radical (unpaired) electrons. The van der Waals surface area contributed by atoms with Crippen molar-refractivity contribution in [3.05, 3.63) is 36.5 Å². The van der Waals surface area contributed by atoms with Gasteiger partial charge >= 0.3 is 11.9 Å². The highest BCUT2D eigenvalue weighted by molar-refractivity contribution is 5.70. The van der Waals surface area contributed by atoms with Crippen molar-refractivity contribution in [2.75, 3.05) is 47.5 Å². The van der Waals surface area contributed by atoms with E-state index < -0.39 is 24.3 Å². The molecular formula is C57H105NO8. The second-order valence-corrected chi connectivity index (χ2v) is 19.9. The second kappa shape index (κ2) is 48.9. The zero-order valence-corrected chi connectivity index (χ0v) is 43.8. The fraction of sp³-hybridized carbons (Fsp3) is 0.842. The Balaban J connectivity index is 4.22. The molecule has 0 heterocycles. The third-order valence-electron chi connectivity index (χ3n) is 12.2. The lowest BCUT2D eigenvalue weighted by Gasteiger charge is -2.26. The molecule has 0 aliphatic rings. The summed E-state index contributed by atoms with van der Waals surface area (Å²) < 4.78 is 22.7. The van der Waals surface area contributed by atoms with Crippen LogP contribution in [0.25, 0.3) is 0 Å². The zero-order valence-electron chi connectivity index (χ0n) is 43.8. The van der Waals surface area contributed by atoms with Crippen LogP contribution in [0.5, 0.6) is 0 Å². The van der Waals surface area contributed by atoms with Gasteiger partial charge in [0.05, 0.1) is 40.3 Å². The Bertz CT molecular complexity index is 1180. The van der Waals surface area contributed by atoms with Gasteiger partial charge in [-0.05, 0) is 44.9 Å². The van der Waals surface area contributed by atoms with Crippen LogP contribution in [-0.4, -0.2) is 82.3 Å².